The summed E-state index contributed by atoms with van der Waals surface area (Å²) in [5.41, 5.74) is 2.94. The second-order valence-electron chi connectivity index (χ2n) is 7.59. The molecule has 0 spiro atoms. The predicted molar refractivity (Wildman–Crippen MR) is 116 cm³/mol. The molecule has 0 bridgehead atoms. The molecule has 1 unspecified atom stereocenters. The van der Waals surface area contributed by atoms with Crippen LogP contribution in [0.4, 0.5) is 5.69 Å². The van der Waals surface area contributed by atoms with Gasteiger partial charge in [0.2, 0.25) is 11.8 Å². The van der Waals surface area contributed by atoms with Gasteiger partial charge in [-0.3, -0.25) is 9.59 Å². The van der Waals surface area contributed by atoms with Crippen molar-refractivity contribution in [1.82, 2.24) is 4.90 Å². The van der Waals surface area contributed by atoms with Gasteiger partial charge in [0.25, 0.3) is 0 Å². The van der Waals surface area contributed by atoms with Gasteiger partial charge < -0.3 is 15.0 Å². The van der Waals surface area contributed by atoms with Crippen LogP contribution in [-0.2, 0) is 16.1 Å². The van der Waals surface area contributed by atoms with Gasteiger partial charge in [-0.25, -0.2) is 0 Å². The van der Waals surface area contributed by atoms with Gasteiger partial charge in [-0.15, -0.1) is 0 Å². The van der Waals surface area contributed by atoms with Crippen LogP contribution in [0.25, 0.3) is 0 Å². The molecule has 2 amide bonds. The monoisotopic (exact) mass is 400 g/mol. The molecule has 0 aromatic heterocycles. The maximum Gasteiger partial charge on any atom is 0.229 e. The first-order valence-electron chi connectivity index (χ1n) is 10.0. The highest BCUT2D eigenvalue weighted by Crippen LogP contribution is 2.25. The van der Waals surface area contributed by atoms with Gasteiger partial charge >= 0.3 is 0 Å². The van der Waals surface area contributed by atoms with Gasteiger partial charge in [-0.2, -0.15) is 0 Å². The number of carbonyl (C=O) groups excluding carboxylic acids is 2. The smallest absolute Gasteiger partial charge is 0.229 e. The van der Waals surface area contributed by atoms with Crippen molar-refractivity contribution in [2.45, 2.75) is 19.9 Å². The van der Waals surface area contributed by atoms with Crippen LogP contribution >= 0.6 is 0 Å². The Labute approximate surface area is 176 Å². The maximum atomic E-state index is 12.7. The molecule has 5 nitrogen and oxygen atoms in total. The first-order chi connectivity index (χ1) is 14.6. The molecule has 3 aromatic rings. The lowest BCUT2D eigenvalue weighted by atomic mass is 10.1. The molecule has 1 fully saturated rings. The van der Waals surface area contributed by atoms with Crippen LogP contribution in [-0.4, -0.2) is 23.3 Å². The number of aryl methyl sites for hydroxylation is 1. The number of rotatable bonds is 6. The normalized spacial score (nSPS) is 15.8. The van der Waals surface area contributed by atoms with Crippen LogP contribution in [0.3, 0.4) is 0 Å². The van der Waals surface area contributed by atoms with Gasteiger partial charge in [0.1, 0.15) is 11.5 Å². The lowest BCUT2D eigenvalue weighted by Crippen LogP contribution is -2.28. The summed E-state index contributed by atoms with van der Waals surface area (Å²) in [6, 6.07) is 24.9. The second-order valence-corrected chi connectivity index (χ2v) is 7.59. The van der Waals surface area contributed by atoms with Crippen molar-refractivity contribution in [2.24, 2.45) is 5.92 Å². The highest BCUT2D eigenvalue weighted by Gasteiger charge is 2.34. The summed E-state index contributed by atoms with van der Waals surface area (Å²) < 4.78 is 5.77. The highest BCUT2D eigenvalue weighted by atomic mass is 16.5. The van der Waals surface area contributed by atoms with Gasteiger partial charge in [0.15, 0.2) is 0 Å². The van der Waals surface area contributed by atoms with Crippen LogP contribution in [0.2, 0.25) is 0 Å². The minimum atomic E-state index is -0.344. The summed E-state index contributed by atoms with van der Waals surface area (Å²) in [6.07, 6.45) is 0.243. The lowest BCUT2D eigenvalue weighted by Gasteiger charge is -2.17. The molecule has 0 aliphatic carbocycles. The number of amides is 2. The highest BCUT2D eigenvalue weighted by molar-refractivity contribution is 5.97. The number of anilines is 1. The SMILES string of the molecule is Cc1ccc(CN2CC(C(=O)Nc3ccc(Oc4ccccc4)cc3)CC2=O)cc1. The van der Waals surface area contributed by atoms with Gasteiger partial charge in [0.05, 0.1) is 5.92 Å². The average molecular weight is 400 g/mol. The largest absolute Gasteiger partial charge is 0.457 e. The maximum absolute atomic E-state index is 12.7. The first kappa shape index (κ1) is 19.7. The average Bonchev–Trinajstić information content (AvgIpc) is 3.12. The molecule has 3 aromatic carbocycles. The molecule has 5 heteroatoms. The Kier molecular flexibility index (Phi) is 5.80. The van der Waals surface area contributed by atoms with E-state index in [4.69, 9.17) is 4.74 Å². The number of para-hydroxylation sites is 1. The molecule has 1 atom stereocenters. The van der Waals surface area contributed by atoms with Crippen LogP contribution in [0.1, 0.15) is 17.5 Å². The molecule has 1 aliphatic rings. The predicted octanol–water partition coefficient (Wildman–Crippen LogP) is 4.77. The number of hydrogen-bond donors (Lipinski definition) is 1. The number of hydrogen-bond acceptors (Lipinski definition) is 3. The van der Waals surface area contributed by atoms with E-state index in [0.717, 1.165) is 11.3 Å². The van der Waals surface area contributed by atoms with Crippen LogP contribution < -0.4 is 10.1 Å². The summed E-state index contributed by atoms with van der Waals surface area (Å²) in [6.45, 7) is 3.01. The third-order valence-corrected chi connectivity index (χ3v) is 5.18. The first-order valence-corrected chi connectivity index (χ1v) is 10.0. The number of carbonyl (C=O) groups is 2. The molecule has 30 heavy (non-hydrogen) atoms. The van der Waals surface area contributed by atoms with Crippen molar-refractivity contribution in [3.8, 4) is 11.5 Å². The zero-order valence-electron chi connectivity index (χ0n) is 16.9. The molecule has 0 radical (unpaired) electrons. The summed E-state index contributed by atoms with van der Waals surface area (Å²) in [7, 11) is 0. The lowest BCUT2D eigenvalue weighted by molar-refractivity contribution is -0.128. The van der Waals surface area contributed by atoms with Crippen LogP contribution in [0.5, 0.6) is 11.5 Å². The van der Waals surface area contributed by atoms with E-state index in [0.29, 0.717) is 24.5 Å². The van der Waals surface area contributed by atoms with Crippen LogP contribution in [0.15, 0.2) is 78.9 Å². The van der Waals surface area contributed by atoms with E-state index in [1.165, 1.54) is 5.56 Å². The Morgan fingerprint density at radius 3 is 2.33 bits per heavy atom. The zero-order chi connectivity index (χ0) is 20.9. The standard InChI is InChI=1S/C25H24N2O3/c1-18-7-9-19(10-8-18)16-27-17-20(15-24(27)28)25(29)26-21-11-13-23(14-12-21)30-22-5-3-2-4-6-22/h2-14,20H,15-17H2,1H3,(H,26,29). The van der Waals surface area contributed by atoms with Crippen molar-refractivity contribution >= 4 is 17.5 Å². The zero-order valence-corrected chi connectivity index (χ0v) is 16.9. The molecule has 1 saturated heterocycles. The van der Waals surface area contributed by atoms with E-state index in [2.05, 4.69) is 5.32 Å². The van der Waals surface area contributed by atoms with E-state index in [1.54, 1.807) is 17.0 Å². The Bertz CT molecular complexity index is 1010. The molecular formula is C25H24N2O3. The Hall–Kier alpha value is -3.60. The van der Waals surface area contributed by atoms with Crippen molar-refractivity contribution in [3.05, 3.63) is 90.0 Å². The molecule has 1 heterocycles. The third-order valence-electron chi connectivity index (χ3n) is 5.18. The minimum absolute atomic E-state index is 0.0161. The Balaban J connectivity index is 1.32. The number of nitrogens with one attached hydrogen (secondary N) is 1. The van der Waals surface area contributed by atoms with Crippen molar-refractivity contribution in [1.29, 1.82) is 0 Å². The van der Waals surface area contributed by atoms with Gasteiger partial charge in [-0.05, 0) is 48.9 Å². The fourth-order valence-corrected chi connectivity index (χ4v) is 3.49. The topological polar surface area (TPSA) is 58.6 Å². The molecular weight excluding hydrogens is 376 g/mol. The van der Waals surface area contributed by atoms with E-state index in [9.17, 15) is 9.59 Å². The van der Waals surface area contributed by atoms with Crippen molar-refractivity contribution in [2.75, 3.05) is 11.9 Å². The van der Waals surface area contributed by atoms with Crippen molar-refractivity contribution in [3.63, 3.8) is 0 Å². The van der Waals surface area contributed by atoms with Crippen LogP contribution in [0, 0.1) is 12.8 Å². The molecule has 152 valence electrons. The summed E-state index contributed by atoms with van der Waals surface area (Å²) in [5, 5.41) is 2.91. The van der Waals surface area contributed by atoms with E-state index < -0.39 is 0 Å². The molecule has 1 N–H and O–H groups in total. The number of ether oxygens (including phenoxy) is 1. The van der Waals surface area contributed by atoms with Crippen molar-refractivity contribution < 1.29 is 14.3 Å². The third kappa shape index (κ3) is 4.87. The molecule has 1 aliphatic heterocycles. The summed E-state index contributed by atoms with van der Waals surface area (Å²) >= 11 is 0. The molecule has 0 saturated carbocycles. The summed E-state index contributed by atoms with van der Waals surface area (Å²) in [5.74, 6) is 0.990. The van der Waals surface area contributed by atoms with E-state index in [1.807, 2.05) is 73.7 Å². The number of likely N-dealkylation sites (tertiary alicyclic amines) is 1. The fourth-order valence-electron chi connectivity index (χ4n) is 3.49. The quantitative estimate of drug-likeness (QED) is 0.648. The van der Waals surface area contributed by atoms with Gasteiger partial charge in [0, 0.05) is 25.2 Å². The number of nitrogens with zero attached hydrogens (tertiary/aromatic N) is 1. The number of benzene rings is 3. The Morgan fingerprint density at radius 1 is 0.967 bits per heavy atom. The van der Waals surface area contributed by atoms with Gasteiger partial charge in [-0.1, -0.05) is 48.0 Å². The second kappa shape index (κ2) is 8.82. The van der Waals surface area contributed by atoms with E-state index in [-0.39, 0.29) is 24.2 Å². The fraction of sp³-hybridized carbons (Fsp3) is 0.200. The van der Waals surface area contributed by atoms with E-state index >= 15 is 0 Å². The minimum Gasteiger partial charge on any atom is -0.457 e. The summed E-state index contributed by atoms with van der Waals surface area (Å²) in [4.78, 5) is 26.8. The Morgan fingerprint density at radius 2 is 1.63 bits per heavy atom. The molecule has 4 rings (SSSR count).